The molecular formula is C20H17FN2O7. The molecule has 0 fully saturated rings. The summed E-state index contributed by atoms with van der Waals surface area (Å²) in [6.07, 6.45) is 0.353. The van der Waals surface area contributed by atoms with Crippen molar-refractivity contribution in [2.75, 3.05) is 24.7 Å². The van der Waals surface area contributed by atoms with E-state index in [9.17, 15) is 28.9 Å². The van der Waals surface area contributed by atoms with E-state index in [1.54, 1.807) is 0 Å². The second-order valence-corrected chi connectivity index (χ2v) is 6.43. The number of non-ortho nitro benzene ring substituents is 1. The second-order valence-electron chi connectivity index (χ2n) is 6.43. The number of nitro groups is 1. The minimum atomic E-state index is -0.725. The van der Waals surface area contributed by atoms with Crippen LogP contribution in [0.4, 0.5) is 15.8 Å². The Balaban J connectivity index is 1.53. The molecule has 0 saturated heterocycles. The number of nitro benzene ring substituents is 1. The number of hydrogen-bond acceptors (Lipinski definition) is 7. The molecule has 0 saturated carbocycles. The van der Waals surface area contributed by atoms with Gasteiger partial charge in [0.25, 0.3) is 11.6 Å². The van der Waals surface area contributed by atoms with Crippen molar-refractivity contribution in [2.45, 2.75) is 12.8 Å². The quantitative estimate of drug-likeness (QED) is 0.214. The summed E-state index contributed by atoms with van der Waals surface area (Å²) in [5.41, 5.74) is 0.230. The first-order valence-corrected chi connectivity index (χ1v) is 9.01. The molecule has 0 aromatic heterocycles. The lowest BCUT2D eigenvalue weighted by molar-refractivity contribution is -0.384. The lowest BCUT2D eigenvalue weighted by Crippen LogP contribution is -2.42. The van der Waals surface area contributed by atoms with Gasteiger partial charge in [-0.05, 0) is 36.8 Å². The lowest BCUT2D eigenvalue weighted by atomic mass is 10.1. The number of anilines is 1. The number of rotatable bonds is 8. The maximum absolute atomic E-state index is 12.9. The maximum atomic E-state index is 12.9. The zero-order valence-electron chi connectivity index (χ0n) is 15.7. The topological polar surface area (TPSA) is 116 Å². The summed E-state index contributed by atoms with van der Waals surface area (Å²) in [6, 6.07) is 8.89. The predicted octanol–water partition coefficient (Wildman–Crippen LogP) is 2.67. The van der Waals surface area contributed by atoms with Crippen molar-refractivity contribution >= 4 is 29.0 Å². The summed E-state index contributed by atoms with van der Waals surface area (Å²) >= 11 is 0. The van der Waals surface area contributed by atoms with Crippen LogP contribution in [0.3, 0.4) is 0 Å². The highest BCUT2D eigenvalue weighted by Gasteiger charge is 2.29. The first-order valence-electron chi connectivity index (χ1n) is 9.01. The molecule has 0 radical (unpaired) electrons. The fourth-order valence-corrected chi connectivity index (χ4v) is 2.85. The Bertz CT molecular complexity index is 991. The number of amides is 1. The molecule has 156 valence electrons. The number of fused-ring (bicyclic) bond motifs is 1. The van der Waals surface area contributed by atoms with Crippen LogP contribution in [0.1, 0.15) is 23.2 Å². The van der Waals surface area contributed by atoms with Gasteiger partial charge in [0.2, 0.25) is 0 Å². The first-order chi connectivity index (χ1) is 14.3. The summed E-state index contributed by atoms with van der Waals surface area (Å²) in [4.78, 5) is 47.7. The van der Waals surface area contributed by atoms with Gasteiger partial charge in [0.15, 0.2) is 12.4 Å². The summed E-state index contributed by atoms with van der Waals surface area (Å²) in [7, 11) is 0. The van der Waals surface area contributed by atoms with Crippen LogP contribution in [0.25, 0.3) is 0 Å². The highest BCUT2D eigenvalue weighted by molar-refractivity contribution is 6.01. The number of ether oxygens (including phenoxy) is 2. The smallest absolute Gasteiger partial charge is 0.326 e. The van der Waals surface area contributed by atoms with E-state index in [-0.39, 0.29) is 49.0 Å². The third-order valence-electron chi connectivity index (χ3n) is 4.36. The van der Waals surface area contributed by atoms with E-state index in [2.05, 4.69) is 0 Å². The summed E-state index contributed by atoms with van der Waals surface area (Å²) in [5.74, 6) is -1.66. The Morgan fingerprint density at radius 3 is 2.63 bits per heavy atom. The van der Waals surface area contributed by atoms with Crippen molar-refractivity contribution in [3.63, 3.8) is 0 Å². The minimum Gasteiger partial charge on any atom is -0.482 e. The molecule has 0 aliphatic carbocycles. The Morgan fingerprint density at radius 2 is 1.93 bits per heavy atom. The van der Waals surface area contributed by atoms with Gasteiger partial charge in [0.05, 0.1) is 17.2 Å². The fourth-order valence-electron chi connectivity index (χ4n) is 2.85. The molecule has 3 rings (SSSR count). The molecule has 1 aliphatic rings. The number of halogens is 1. The van der Waals surface area contributed by atoms with Gasteiger partial charge in [-0.1, -0.05) is 0 Å². The van der Waals surface area contributed by atoms with Crippen LogP contribution in [0.15, 0.2) is 42.5 Å². The molecule has 0 spiro atoms. The van der Waals surface area contributed by atoms with E-state index in [1.165, 1.54) is 36.4 Å². The summed E-state index contributed by atoms with van der Waals surface area (Å²) < 4.78 is 23.2. The van der Waals surface area contributed by atoms with E-state index in [4.69, 9.17) is 9.47 Å². The normalized spacial score (nSPS) is 12.7. The molecule has 30 heavy (non-hydrogen) atoms. The molecule has 1 aliphatic heterocycles. The second kappa shape index (κ2) is 9.12. The number of nitrogens with zero attached hydrogens (tertiary/aromatic N) is 2. The van der Waals surface area contributed by atoms with Crippen LogP contribution >= 0.6 is 0 Å². The van der Waals surface area contributed by atoms with Crippen LogP contribution < -0.4 is 9.64 Å². The van der Waals surface area contributed by atoms with Gasteiger partial charge in [-0.3, -0.25) is 29.4 Å². The molecule has 0 bridgehead atoms. The lowest BCUT2D eigenvalue weighted by Gasteiger charge is -2.28. The van der Waals surface area contributed by atoms with Crippen molar-refractivity contribution in [2.24, 2.45) is 0 Å². The van der Waals surface area contributed by atoms with E-state index in [0.717, 1.165) is 11.0 Å². The maximum Gasteiger partial charge on any atom is 0.326 e. The molecule has 1 amide bonds. The Labute approximate surface area is 170 Å². The molecule has 2 aromatic rings. The van der Waals surface area contributed by atoms with Gasteiger partial charge in [-0.2, -0.15) is 0 Å². The number of Topliss-reactive ketones (excluding diaryl/α,β-unsaturated/α-hetero) is 1. The molecular weight excluding hydrogens is 399 g/mol. The monoisotopic (exact) mass is 416 g/mol. The molecule has 0 N–H and O–H groups in total. The summed E-state index contributed by atoms with van der Waals surface area (Å²) in [5, 5.41) is 11.0. The number of ketones is 1. The molecule has 1 heterocycles. The average molecular weight is 416 g/mol. The van der Waals surface area contributed by atoms with Crippen molar-refractivity contribution in [1.29, 1.82) is 0 Å². The Morgan fingerprint density at radius 1 is 1.20 bits per heavy atom. The van der Waals surface area contributed by atoms with Crippen LogP contribution in [0.2, 0.25) is 0 Å². The predicted molar refractivity (Wildman–Crippen MR) is 102 cm³/mol. The summed E-state index contributed by atoms with van der Waals surface area (Å²) in [6.45, 7) is -0.793. The zero-order valence-corrected chi connectivity index (χ0v) is 15.7. The molecule has 9 nitrogen and oxygen atoms in total. The number of hydrogen-bond donors (Lipinski definition) is 0. The number of carbonyl (C=O) groups excluding carboxylic acids is 3. The number of benzene rings is 2. The number of carbonyl (C=O) groups is 3. The molecule has 0 unspecified atom stereocenters. The third-order valence-corrected chi connectivity index (χ3v) is 4.36. The van der Waals surface area contributed by atoms with E-state index >= 15 is 0 Å². The Hall–Kier alpha value is -3.82. The van der Waals surface area contributed by atoms with E-state index < -0.39 is 29.2 Å². The average Bonchev–Trinajstić information content (AvgIpc) is 2.73. The van der Waals surface area contributed by atoms with E-state index in [0.29, 0.717) is 5.56 Å². The highest BCUT2D eigenvalue weighted by Crippen LogP contribution is 2.35. The van der Waals surface area contributed by atoms with Crippen LogP contribution in [0, 0.1) is 15.9 Å². The van der Waals surface area contributed by atoms with Gasteiger partial charge >= 0.3 is 5.97 Å². The molecule has 10 heteroatoms. The van der Waals surface area contributed by atoms with Gasteiger partial charge in [0.1, 0.15) is 18.1 Å². The zero-order chi connectivity index (χ0) is 21.7. The van der Waals surface area contributed by atoms with Crippen LogP contribution in [0.5, 0.6) is 5.75 Å². The standard InChI is InChI=1S/C20H17FN2O7/c21-14-5-3-13(4-6-14)17(24)2-1-9-29-20(26)11-22-16-10-15(23(27)28)7-8-18(16)30-12-19(22)25/h3-8,10H,1-2,9,11-12H2. The molecule has 2 aromatic carbocycles. The number of esters is 1. The van der Waals surface area contributed by atoms with Crippen LogP contribution in [-0.2, 0) is 14.3 Å². The minimum absolute atomic E-state index is 0.0495. The third kappa shape index (κ3) is 4.96. The fraction of sp³-hybridized carbons (Fsp3) is 0.250. The van der Waals surface area contributed by atoms with Crippen molar-refractivity contribution in [1.82, 2.24) is 0 Å². The van der Waals surface area contributed by atoms with Crippen molar-refractivity contribution in [3.8, 4) is 5.75 Å². The van der Waals surface area contributed by atoms with Gasteiger partial charge in [-0.25, -0.2) is 4.39 Å². The highest BCUT2D eigenvalue weighted by atomic mass is 19.1. The largest absolute Gasteiger partial charge is 0.482 e. The Kier molecular flexibility index (Phi) is 6.35. The van der Waals surface area contributed by atoms with Crippen LogP contribution in [-0.4, -0.2) is 42.3 Å². The molecule has 0 atom stereocenters. The van der Waals surface area contributed by atoms with Crippen molar-refractivity contribution in [3.05, 3.63) is 64.0 Å². The van der Waals surface area contributed by atoms with Gasteiger partial charge in [0, 0.05) is 24.1 Å². The van der Waals surface area contributed by atoms with E-state index in [1.807, 2.05) is 0 Å². The van der Waals surface area contributed by atoms with Gasteiger partial charge in [-0.15, -0.1) is 0 Å². The van der Waals surface area contributed by atoms with Crippen molar-refractivity contribution < 1.29 is 33.2 Å². The SMILES string of the molecule is O=C(CN1C(=O)COc2ccc([N+](=O)[O-])cc21)OCCCC(=O)c1ccc(F)cc1. The first kappa shape index (κ1) is 20.9. The van der Waals surface area contributed by atoms with Gasteiger partial charge < -0.3 is 9.47 Å².